The lowest BCUT2D eigenvalue weighted by Gasteiger charge is -2.51. The third-order valence-corrected chi connectivity index (χ3v) is 4.68. The average Bonchev–Trinajstić information content (AvgIpc) is 2.48. The summed E-state index contributed by atoms with van der Waals surface area (Å²) in [6.45, 7) is 0. The third kappa shape index (κ3) is 1.91. The predicted octanol–water partition coefficient (Wildman–Crippen LogP) is 2.83. The molecule has 1 fully saturated rings. The highest BCUT2D eigenvalue weighted by molar-refractivity contribution is 5.92. The van der Waals surface area contributed by atoms with Gasteiger partial charge in [-0.3, -0.25) is 9.59 Å². The second-order valence-electron chi connectivity index (χ2n) is 5.86. The van der Waals surface area contributed by atoms with Gasteiger partial charge in [-0.05, 0) is 24.0 Å². The Hall–Kier alpha value is -2.62. The van der Waals surface area contributed by atoms with Crippen LogP contribution in [-0.2, 0) is 20.4 Å². The van der Waals surface area contributed by atoms with Crippen LogP contribution in [0.3, 0.4) is 0 Å². The first-order chi connectivity index (χ1) is 10.5. The van der Waals surface area contributed by atoms with Gasteiger partial charge in [0.15, 0.2) is 0 Å². The van der Waals surface area contributed by atoms with E-state index in [2.05, 4.69) is 0 Å². The van der Waals surface area contributed by atoms with Crippen molar-refractivity contribution in [2.24, 2.45) is 0 Å². The van der Waals surface area contributed by atoms with Crippen molar-refractivity contribution in [3.05, 3.63) is 71.8 Å². The summed E-state index contributed by atoms with van der Waals surface area (Å²) in [5, 5.41) is 19.4. The van der Waals surface area contributed by atoms with Gasteiger partial charge < -0.3 is 10.2 Å². The van der Waals surface area contributed by atoms with Crippen molar-refractivity contribution in [2.75, 3.05) is 0 Å². The van der Waals surface area contributed by atoms with Crippen LogP contribution in [0.15, 0.2) is 60.7 Å². The van der Waals surface area contributed by atoms with E-state index in [4.69, 9.17) is 0 Å². The van der Waals surface area contributed by atoms with Crippen molar-refractivity contribution in [1.29, 1.82) is 0 Å². The average molecular weight is 296 g/mol. The molecule has 0 unspecified atom stereocenters. The molecule has 112 valence electrons. The minimum atomic E-state index is -1.13. The van der Waals surface area contributed by atoms with E-state index >= 15 is 0 Å². The minimum Gasteiger partial charge on any atom is -0.481 e. The van der Waals surface area contributed by atoms with Gasteiger partial charge in [-0.2, -0.15) is 0 Å². The smallest absolute Gasteiger partial charge is 0.314 e. The lowest BCUT2D eigenvalue weighted by molar-refractivity contribution is -0.161. The molecule has 0 amide bonds. The van der Waals surface area contributed by atoms with E-state index in [-0.39, 0.29) is 12.8 Å². The van der Waals surface area contributed by atoms with Crippen LogP contribution in [-0.4, -0.2) is 22.2 Å². The predicted molar refractivity (Wildman–Crippen MR) is 80.7 cm³/mol. The Balaban J connectivity index is 2.04. The van der Waals surface area contributed by atoms with Gasteiger partial charge >= 0.3 is 11.9 Å². The monoisotopic (exact) mass is 296 g/mol. The van der Waals surface area contributed by atoms with Crippen LogP contribution in [0.4, 0.5) is 0 Å². The number of hydrogen-bond donors (Lipinski definition) is 2. The number of hydrogen-bond acceptors (Lipinski definition) is 2. The molecule has 0 bridgehead atoms. The number of benzene rings is 2. The summed E-state index contributed by atoms with van der Waals surface area (Å²) in [7, 11) is 0. The van der Waals surface area contributed by atoms with E-state index in [1.54, 1.807) is 48.5 Å². The molecule has 0 saturated heterocycles. The summed E-state index contributed by atoms with van der Waals surface area (Å²) in [6, 6.07) is 17.8. The number of aliphatic carboxylic acids is 2. The first kappa shape index (κ1) is 14.3. The van der Waals surface area contributed by atoms with E-state index in [1.807, 2.05) is 12.1 Å². The Bertz CT molecular complexity index is 639. The summed E-state index contributed by atoms with van der Waals surface area (Å²) >= 11 is 0. The van der Waals surface area contributed by atoms with Gasteiger partial charge in [0.25, 0.3) is 0 Å². The van der Waals surface area contributed by atoms with E-state index in [0.29, 0.717) is 11.1 Å². The molecule has 0 aliphatic heterocycles. The van der Waals surface area contributed by atoms with Gasteiger partial charge in [0.1, 0.15) is 0 Å². The zero-order valence-electron chi connectivity index (χ0n) is 11.9. The zero-order valence-corrected chi connectivity index (χ0v) is 11.9. The van der Waals surface area contributed by atoms with E-state index in [0.717, 1.165) is 0 Å². The van der Waals surface area contributed by atoms with Crippen molar-refractivity contribution in [1.82, 2.24) is 0 Å². The van der Waals surface area contributed by atoms with Crippen LogP contribution < -0.4 is 0 Å². The Morgan fingerprint density at radius 2 is 1.00 bits per heavy atom. The Morgan fingerprint density at radius 1 is 0.682 bits per heavy atom. The molecule has 3 rings (SSSR count). The van der Waals surface area contributed by atoms with Gasteiger partial charge in [-0.1, -0.05) is 60.7 Å². The normalized spacial score (nSPS) is 26.9. The Morgan fingerprint density at radius 3 is 1.27 bits per heavy atom. The van der Waals surface area contributed by atoms with Crippen molar-refractivity contribution in [3.63, 3.8) is 0 Å². The molecule has 1 aliphatic carbocycles. The van der Waals surface area contributed by atoms with Crippen molar-refractivity contribution in [2.45, 2.75) is 23.7 Å². The molecule has 2 aromatic carbocycles. The highest BCUT2D eigenvalue weighted by Crippen LogP contribution is 2.57. The molecule has 2 N–H and O–H groups in total. The Kier molecular flexibility index (Phi) is 3.24. The molecule has 0 aromatic heterocycles. The number of rotatable bonds is 4. The number of carboxylic acids is 2. The summed E-state index contributed by atoms with van der Waals surface area (Å²) in [6.07, 6.45) is 0.136. The number of carbonyl (C=O) groups is 2. The fourth-order valence-electron chi connectivity index (χ4n) is 3.45. The van der Waals surface area contributed by atoms with Gasteiger partial charge in [0, 0.05) is 0 Å². The van der Waals surface area contributed by atoms with Crippen LogP contribution in [0.25, 0.3) is 0 Å². The maximum absolute atomic E-state index is 11.9. The standard InChI is InChI=1S/C18H16O4/c19-15(20)17(13-7-3-1-4-8-13)11-18(12-17,16(21)22)14-9-5-2-6-10-14/h1-10H,11-12H2,(H,19,20)(H,21,22). The summed E-state index contributed by atoms with van der Waals surface area (Å²) in [4.78, 5) is 23.7. The zero-order chi connectivity index (χ0) is 15.8. The second-order valence-corrected chi connectivity index (χ2v) is 5.86. The van der Waals surface area contributed by atoms with Crippen molar-refractivity contribution in [3.8, 4) is 0 Å². The summed E-state index contributed by atoms with van der Waals surface area (Å²) in [5.41, 5.74) is -0.934. The molecule has 4 nitrogen and oxygen atoms in total. The highest BCUT2D eigenvalue weighted by atomic mass is 16.4. The summed E-state index contributed by atoms with van der Waals surface area (Å²) < 4.78 is 0. The first-order valence-electron chi connectivity index (χ1n) is 7.09. The lowest BCUT2D eigenvalue weighted by Crippen LogP contribution is -2.60. The van der Waals surface area contributed by atoms with E-state index < -0.39 is 22.8 Å². The molecule has 22 heavy (non-hydrogen) atoms. The molecular formula is C18H16O4. The van der Waals surface area contributed by atoms with Crippen LogP contribution in [0.1, 0.15) is 24.0 Å². The molecule has 0 atom stereocenters. The van der Waals surface area contributed by atoms with Gasteiger partial charge in [-0.15, -0.1) is 0 Å². The highest BCUT2D eigenvalue weighted by Gasteiger charge is 2.64. The maximum atomic E-state index is 11.9. The molecule has 1 aliphatic rings. The topological polar surface area (TPSA) is 74.6 Å². The molecule has 0 spiro atoms. The fourth-order valence-corrected chi connectivity index (χ4v) is 3.45. The van der Waals surface area contributed by atoms with Crippen LogP contribution in [0.2, 0.25) is 0 Å². The molecule has 1 saturated carbocycles. The van der Waals surface area contributed by atoms with E-state index in [1.165, 1.54) is 0 Å². The largest absolute Gasteiger partial charge is 0.481 e. The third-order valence-electron chi connectivity index (χ3n) is 4.68. The van der Waals surface area contributed by atoms with Crippen LogP contribution >= 0.6 is 0 Å². The van der Waals surface area contributed by atoms with E-state index in [9.17, 15) is 19.8 Å². The summed E-state index contributed by atoms with van der Waals surface area (Å²) in [5.74, 6) is -1.93. The fraction of sp³-hybridized carbons (Fsp3) is 0.222. The maximum Gasteiger partial charge on any atom is 0.314 e. The van der Waals surface area contributed by atoms with Gasteiger partial charge in [0.05, 0.1) is 10.8 Å². The molecule has 0 radical (unpaired) electrons. The van der Waals surface area contributed by atoms with Crippen LogP contribution in [0.5, 0.6) is 0 Å². The quantitative estimate of drug-likeness (QED) is 0.909. The van der Waals surface area contributed by atoms with Gasteiger partial charge in [0.2, 0.25) is 0 Å². The van der Waals surface area contributed by atoms with Crippen molar-refractivity contribution >= 4 is 11.9 Å². The Labute approximate surface area is 128 Å². The lowest BCUT2D eigenvalue weighted by atomic mass is 9.48. The van der Waals surface area contributed by atoms with Crippen LogP contribution in [0, 0.1) is 0 Å². The molecule has 2 aromatic rings. The number of carboxylic acid groups (broad SMARTS) is 2. The molecule has 4 heteroatoms. The molecular weight excluding hydrogens is 280 g/mol. The molecule has 0 heterocycles. The minimum absolute atomic E-state index is 0.0681. The second kappa shape index (κ2) is 4.98. The first-order valence-corrected chi connectivity index (χ1v) is 7.09. The van der Waals surface area contributed by atoms with Crippen molar-refractivity contribution < 1.29 is 19.8 Å². The van der Waals surface area contributed by atoms with Gasteiger partial charge in [-0.25, -0.2) is 0 Å². The SMILES string of the molecule is O=C(O)C1(c2ccccc2)CC(C(=O)O)(c2ccccc2)C1.